The number of phenolic OH excluding ortho intramolecular Hbond substituents is 1. The average molecular weight is 1410 g/mol. The summed E-state index contributed by atoms with van der Waals surface area (Å²) >= 11 is 13.1. The summed E-state index contributed by atoms with van der Waals surface area (Å²) in [6, 6.07) is 3.92. The molecule has 0 aromatic heterocycles. The van der Waals surface area contributed by atoms with Crippen LogP contribution in [0.2, 0.25) is 5.02 Å². The molecule has 0 spiro atoms. The number of allylic oxidation sites excluding steroid dienone is 2. The first-order valence-corrected chi connectivity index (χ1v) is 33.1. The Morgan fingerprint density at radius 1 is 0.869 bits per heavy atom. The number of hydrogen-bond donors (Lipinski definition) is 18. The summed E-state index contributed by atoms with van der Waals surface area (Å²) in [5, 5.41) is 108. The third kappa shape index (κ3) is 15.5. The van der Waals surface area contributed by atoms with E-state index in [2.05, 4.69) is 31.9 Å². The Balaban J connectivity index is 1.06. The summed E-state index contributed by atoms with van der Waals surface area (Å²) in [4.78, 5) is 95.7. The van der Waals surface area contributed by atoms with E-state index in [0.717, 1.165) is 43.2 Å². The number of carbonyl (C=O) groups is 7. The van der Waals surface area contributed by atoms with Gasteiger partial charge in [-0.1, -0.05) is 61.3 Å². The summed E-state index contributed by atoms with van der Waals surface area (Å²) in [7, 11) is 1.52. The zero-order valence-electron chi connectivity index (χ0n) is 54.0. The van der Waals surface area contributed by atoms with Crippen LogP contribution >= 0.6 is 23.2 Å². The molecule has 8 bridgehead atoms. The molecule has 31 heteroatoms. The van der Waals surface area contributed by atoms with Gasteiger partial charge in [-0.15, -0.1) is 0 Å². The Morgan fingerprint density at radius 3 is 2.23 bits per heavy atom. The predicted octanol–water partition coefficient (Wildman–Crippen LogP) is 0.331. The van der Waals surface area contributed by atoms with Crippen molar-refractivity contribution in [1.82, 2.24) is 31.9 Å². The van der Waals surface area contributed by atoms with Gasteiger partial charge in [0.1, 0.15) is 66.4 Å². The zero-order chi connectivity index (χ0) is 71.6. The largest absolute Gasteiger partial charge is 0.508 e. The molecule has 17 atom stereocenters. The molecule has 532 valence electrons. The van der Waals surface area contributed by atoms with Gasteiger partial charge < -0.3 is 119 Å². The van der Waals surface area contributed by atoms with Crippen LogP contribution in [0.25, 0.3) is 11.1 Å². The molecular weight excluding hydrogens is 1330 g/mol. The van der Waals surface area contributed by atoms with E-state index in [9.17, 15) is 74.4 Å². The van der Waals surface area contributed by atoms with E-state index in [1.807, 2.05) is 13.8 Å². The number of aliphatic hydroxyl groups excluding tert-OH is 5. The zero-order valence-corrected chi connectivity index (χ0v) is 55.5. The van der Waals surface area contributed by atoms with E-state index in [1.165, 1.54) is 73.8 Å². The number of likely N-dealkylation sites (N-methyl/N-ethyl adjacent to an activating group) is 1. The minimum Gasteiger partial charge on any atom is -0.508 e. The molecule has 2 aliphatic heterocycles. The Kier molecular flexibility index (Phi) is 22.9. The average Bonchev–Trinajstić information content (AvgIpc) is 1.57. The Hall–Kier alpha value is -8.11. The second-order valence-electron chi connectivity index (χ2n) is 26.3. The van der Waals surface area contributed by atoms with Crippen molar-refractivity contribution in [3.05, 3.63) is 135 Å². The molecule has 0 radical (unpaired) electrons. The third-order valence-electron chi connectivity index (χ3n) is 19.3. The minimum absolute atomic E-state index is 0.00415. The number of halogens is 2. The van der Waals surface area contributed by atoms with E-state index >= 15 is 0 Å². The van der Waals surface area contributed by atoms with Gasteiger partial charge in [-0.3, -0.25) is 28.8 Å². The highest BCUT2D eigenvalue weighted by Gasteiger charge is 2.60. The maximum Gasteiger partial charge on any atom is 0.247 e. The van der Waals surface area contributed by atoms with Crippen molar-refractivity contribution >= 4 is 64.9 Å². The Bertz CT molecular complexity index is 3840. The van der Waals surface area contributed by atoms with Gasteiger partial charge in [-0.25, -0.2) is 0 Å². The summed E-state index contributed by atoms with van der Waals surface area (Å²) in [5.74, 6) is -8.74. The van der Waals surface area contributed by atoms with E-state index < -0.39 is 157 Å². The second kappa shape index (κ2) is 30.8. The number of carbonyl (C=O) groups excluding carboxylic acids is 7. The number of ether oxygens (including phenoxy) is 4. The highest BCUT2D eigenvalue weighted by atomic mass is 35.5. The number of phenols is 1. The Morgan fingerprint density at radius 2 is 1.60 bits per heavy atom. The number of aliphatic hydroxyl groups is 7. The predicted molar refractivity (Wildman–Crippen MR) is 355 cm³/mol. The number of benzene rings is 4. The van der Waals surface area contributed by atoms with E-state index in [0.29, 0.717) is 18.3 Å². The second-order valence-corrected chi connectivity index (χ2v) is 26.9. The van der Waals surface area contributed by atoms with E-state index in [4.69, 9.17) is 65.1 Å². The molecule has 4 aromatic carbocycles. The first-order chi connectivity index (χ1) is 47.1. The molecule has 17 unspecified atom stereocenters. The number of nitrogens with one attached hydrogen (secondary N) is 6. The Labute approximate surface area is 578 Å². The molecule has 4 aromatic rings. The fraction of sp³-hybridized carbons (Fsp3) is 0.456. The van der Waals surface area contributed by atoms with Gasteiger partial charge in [0.15, 0.2) is 11.5 Å². The molecular formula is C68H82Cl2N10O19. The van der Waals surface area contributed by atoms with Crippen LogP contribution in [0.15, 0.2) is 96.3 Å². The van der Waals surface area contributed by atoms with Crippen LogP contribution in [0.5, 0.6) is 28.7 Å². The number of amides is 6. The number of primary amides is 1. The smallest absolute Gasteiger partial charge is 0.247 e. The molecule has 99 heavy (non-hydrogen) atoms. The van der Waals surface area contributed by atoms with Crippen molar-refractivity contribution in [2.24, 2.45) is 52.5 Å². The lowest BCUT2D eigenvalue weighted by Crippen LogP contribution is -2.60. The highest BCUT2D eigenvalue weighted by molar-refractivity contribution is 6.32. The van der Waals surface area contributed by atoms with Crippen LogP contribution in [0.1, 0.15) is 110 Å². The van der Waals surface area contributed by atoms with E-state index in [1.54, 1.807) is 0 Å². The normalized spacial score (nSPS) is 28.1. The molecule has 6 amide bonds. The molecule has 1 saturated heterocycles. The number of aldehydes is 1. The number of nitrogens with two attached hydrogens (primary N) is 4. The molecule has 2 heterocycles. The third-order valence-corrected chi connectivity index (χ3v) is 19.8. The topological polar surface area (TPSA) is 495 Å². The molecule has 4 saturated carbocycles. The van der Waals surface area contributed by atoms with Gasteiger partial charge in [0, 0.05) is 35.8 Å². The highest BCUT2D eigenvalue weighted by Crippen LogP contribution is 2.63. The van der Waals surface area contributed by atoms with Gasteiger partial charge in [-0.2, -0.15) is 0 Å². The molecule has 5 aliphatic carbocycles. The van der Waals surface area contributed by atoms with Crippen LogP contribution in [0, 0.1) is 29.6 Å². The standard InChI is InChI=1S/C68H82Cl2N10O19/c1-28(2)13-44(75-3)63(90)80-57(66(93)76-35(27-81)21-51(73)84)58(86)31-7-9-47(43(70)18-31)97-49-20-34-19-48(62(49)99-67-61(89)60(88)59(87)50(26-72)98-67)96-12-4-5-29(10-11-69)46(83)24-52(85)78-56(65(92)79-55-37-16-32-14-33(37)17-38(32)55)40-22-36(82)23-42-53(40)39-15-30(6-8-41(39)68(42,94)95)45(25-71)77-64(91)54(34)74/h4-12,15,18-20,22-23,27-28,32-33,35,37-38,44-46,50,54-61,67,75,82-83,86-89,94-95H,13-14,16-17,21,24-26,71-72,74H2,1-3H3,(H2,73,84)(H,76,93)(H,77,91)(H,78,85)(H,79,92)(H,80,90). The lowest BCUT2D eigenvalue weighted by Gasteiger charge is -2.40. The first-order valence-electron chi connectivity index (χ1n) is 32.3. The molecule has 5 fully saturated rings. The molecule has 22 N–H and O–H groups in total. The van der Waals surface area contributed by atoms with Crippen molar-refractivity contribution in [2.75, 3.05) is 20.1 Å². The quantitative estimate of drug-likeness (QED) is 0.0395. The van der Waals surface area contributed by atoms with Crippen LogP contribution < -0.4 is 69.0 Å². The van der Waals surface area contributed by atoms with Crippen LogP contribution in [-0.2, 0) is 44.1 Å². The number of fused-ring (bicyclic) bond motifs is 3. The van der Waals surface area contributed by atoms with Crippen molar-refractivity contribution in [1.29, 1.82) is 0 Å². The van der Waals surface area contributed by atoms with Crippen molar-refractivity contribution in [2.45, 2.75) is 143 Å². The fourth-order valence-electron chi connectivity index (χ4n) is 14.5. The van der Waals surface area contributed by atoms with Crippen molar-refractivity contribution in [3.63, 3.8) is 0 Å². The van der Waals surface area contributed by atoms with Gasteiger partial charge in [0.2, 0.25) is 53.3 Å². The summed E-state index contributed by atoms with van der Waals surface area (Å²) in [6.45, 7) is 3.02. The van der Waals surface area contributed by atoms with Gasteiger partial charge in [-0.05, 0) is 156 Å². The molecule has 7 aliphatic rings. The SMILES string of the molecule is CNC(CC(C)C)C(=O)NC(C(=O)NC(C=O)CC(N)=O)C(O)c1ccc(Oc2cc3cc(c2OC2OC(CN)C(O)C(O)C2O)OC=CC=C(C=CCl)C(O)CC(=O)NC(C(=O)NC2C4CC5CC4CC52)c2cc(O)cc4c2-c2cc(ccc2C4(O)O)C(CN)NC(=O)C3N)c(Cl)c1. The summed E-state index contributed by atoms with van der Waals surface area (Å²) < 4.78 is 24.9. The van der Waals surface area contributed by atoms with Gasteiger partial charge in [0.05, 0.1) is 48.4 Å². The van der Waals surface area contributed by atoms with Crippen LogP contribution in [0.3, 0.4) is 0 Å². The first kappa shape index (κ1) is 73.6. The molecule has 29 nitrogen and oxygen atoms in total. The molecule has 11 rings (SSSR count). The summed E-state index contributed by atoms with van der Waals surface area (Å²) in [6.07, 6.45) is -5.43. The maximum atomic E-state index is 14.9. The van der Waals surface area contributed by atoms with Crippen LogP contribution in [0.4, 0.5) is 0 Å². The van der Waals surface area contributed by atoms with Crippen molar-refractivity contribution < 1.29 is 93.4 Å². The minimum atomic E-state index is -2.79. The monoisotopic (exact) mass is 1410 g/mol. The number of rotatable bonds is 21. The van der Waals surface area contributed by atoms with Crippen LogP contribution in [-0.4, -0.2) is 164 Å². The maximum absolute atomic E-state index is 14.9. The summed E-state index contributed by atoms with van der Waals surface area (Å²) in [5.41, 5.74) is 25.4. The van der Waals surface area contributed by atoms with Crippen molar-refractivity contribution in [3.8, 4) is 39.9 Å². The number of aromatic hydroxyl groups is 1. The lowest BCUT2D eigenvalue weighted by molar-refractivity contribution is -0.270. The number of hydrogen-bond acceptors (Lipinski definition) is 23. The van der Waals surface area contributed by atoms with Gasteiger partial charge >= 0.3 is 0 Å². The lowest BCUT2D eigenvalue weighted by atomic mass is 9.90. The van der Waals surface area contributed by atoms with E-state index in [-0.39, 0.29) is 103 Å². The van der Waals surface area contributed by atoms with Gasteiger partial charge in [0.25, 0.3) is 0 Å². The fourth-order valence-corrected chi connectivity index (χ4v) is 14.9.